The molecule has 0 heterocycles. The van der Waals surface area contributed by atoms with E-state index in [0.717, 1.165) is 30.3 Å². The number of nitrogen functional groups attached to an aromatic ring is 1. The SMILES string of the molecule is CCCCN(C(=O)c1cc(N)cc(Br)c1)C(C)CC. The number of amides is 1. The van der Waals surface area contributed by atoms with Crippen molar-refractivity contribution in [3.63, 3.8) is 0 Å². The van der Waals surface area contributed by atoms with Crippen LogP contribution < -0.4 is 5.73 Å². The molecule has 0 saturated carbocycles. The number of benzene rings is 1. The Kier molecular flexibility index (Phi) is 6.35. The first-order valence-corrected chi connectivity index (χ1v) is 7.65. The molecule has 0 radical (unpaired) electrons. The molecule has 1 rings (SSSR count). The van der Waals surface area contributed by atoms with Crippen LogP contribution in [0.25, 0.3) is 0 Å². The summed E-state index contributed by atoms with van der Waals surface area (Å²) in [6.07, 6.45) is 3.07. The molecule has 1 unspecified atom stereocenters. The third-order valence-corrected chi connectivity index (χ3v) is 3.76. The number of nitrogens with two attached hydrogens (primary N) is 1. The molecule has 0 saturated heterocycles. The van der Waals surface area contributed by atoms with Crippen LogP contribution in [-0.4, -0.2) is 23.4 Å². The minimum Gasteiger partial charge on any atom is -0.399 e. The van der Waals surface area contributed by atoms with Gasteiger partial charge in [-0.25, -0.2) is 0 Å². The molecule has 0 aliphatic heterocycles. The molecule has 1 atom stereocenters. The maximum absolute atomic E-state index is 12.6. The van der Waals surface area contributed by atoms with Crippen LogP contribution in [0.5, 0.6) is 0 Å². The average Bonchev–Trinajstić information content (AvgIpc) is 2.37. The van der Waals surface area contributed by atoms with Gasteiger partial charge in [-0.15, -0.1) is 0 Å². The maximum atomic E-state index is 12.6. The Morgan fingerprint density at radius 2 is 2.05 bits per heavy atom. The molecular weight excluding hydrogens is 304 g/mol. The van der Waals surface area contributed by atoms with Crippen LogP contribution in [0.2, 0.25) is 0 Å². The van der Waals surface area contributed by atoms with Gasteiger partial charge in [-0.05, 0) is 38.0 Å². The monoisotopic (exact) mass is 326 g/mol. The van der Waals surface area contributed by atoms with E-state index in [-0.39, 0.29) is 11.9 Å². The van der Waals surface area contributed by atoms with Crippen molar-refractivity contribution in [2.45, 2.75) is 46.1 Å². The molecule has 0 aromatic heterocycles. The highest BCUT2D eigenvalue weighted by molar-refractivity contribution is 9.10. The van der Waals surface area contributed by atoms with Gasteiger partial charge in [0.15, 0.2) is 0 Å². The summed E-state index contributed by atoms with van der Waals surface area (Å²) in [7, 11) is 0. The molecule has 0 fully saturated rings. The first kappa shape index (κ1) is 16.0. The molecule has 0 aliphatic carbocycles. The normalized spacial score (nSPS) is 12.2. The van der Waals surface area contributed by atoms with Crippen molar-refractivity contribution in [1.29, 1.82) is 0 Å². The van der Waals surface area contributed by atoms with Crippen LogP contribution in [0.1, 0.15) is 50.4 Å². The Morgan fingerprint density at radius 3 is 2.58 bits per heavy atom. The molecule has 0 spiro atoms. The van der Waals surface area contributed by atoms with Gasteiger partial charge in [0.2, 0.25) is 0 Å². The molecule has 19 heavy (non-hydrogen) atoms. The summed E-state index contributed by atoms with van der Waals surface area (Å²) < 4.78 is 0.843. The number of unbranched alkanes of at least 4 members (excludes halogenated alkanes) is 1. The molecular formula is C15H23BrN2O. The van der Waals surface area contributed by atoms with Gasteiger partial charge in [0.1, 0.15) is 0 Å². The minimum absolute atomic E-state index is 0.0656. The predicted molar refractivity (Wildman–Crippen MR) is 84.3 cm³/mol. The summed E-state index contributed by atoms with van der Waals surface area (Å²) in [5.41, 5.74) is 7.07. The third-order valence-electron chi connectivity index (χ3n) is 3.30. The maximum Gasteiger partial charge on any atom is 0.254 e. The van der Waals surface area contributed by atoms with Gasteiger partial charge in [-0.2, -0.15) is 0 Å². The van der Waals surface area contributed by atoms with Gasteiger partial charge in [0.25, 0.3) is 5.91 Å². The van der Waals surface area contributed by atoms with Crippen molar-refractivity contribution in [1.82, 2.24) is 4.90 Å². The fourth-order valence-corrected chi connectivity index (χ4v) is 2.48. The van der Waals surface area contributed by atoms with Crippen molar-refractivity contribution in [2.75, 3.05) is 12.3 Å². The molecule has 0 bridgehead atoms. The van der Waals surface area contributed by atoms with Crippen LogP contribution in [0.15, 0.2) is 22.7 Å². The largest absolute Gasteiger partial charge is 0.399 e. The number of hydrogen-bond acceptors (Lipinski definition) is 2. The summed E-state index contributed by atoms with van der Waals surface area (Å²) in [6.45, 7) is 7.13. The van der Waals surface area contributed by atoms with Crippen molar-refractivity contribution in [3.8, 4) is 0 Å². The Balaban J connectivity index is 2.97. The Morgan fingerprint density at radius 1 is 1.37 bits per heavy atom. The zero-order valence-corrected chi connectivity index (χ0v) is 13.5. The van der Waals surface area contributed by atoms with E-state index >= 15 is 0 Å². The summed E-state index contributed by atoms with van der Waals surface area (Å²) in [5.74, 6) is 0.0656. The number of nitrogens with zero attached hydrogens (tertiary/aromatic N) is 1. The molecule has 1 amide bonds. The molecule has 1 aromatic carbocycles. The topological polar surface area (TPSA) is 46.3 Å². The van der Waals surface area contributed by atoms with E-state index in [1.54, 1.807) is 12.1 Å². The molecule has 3 nitrogen and oxygen atoms in total. The van der Waals surface area contributed by atoms with Crippen molar-refractivity contribution in [2.24, 2.45) is 0 Å². The highest BCUT2D eigenvalue weighted by Gasteiger charge is 2.20. The fourth-order valence-electron chi connectivity index (χ4n) is 1.97. The van der Waals surface area contributed by atoms with Crippen LogP contribution in [0.3, 0.4) is 0 Å². The quantitative estimate of drug-likeness (QED) is 0.801. The fraction of sp³-hybridized carbons (Fsp3) is 0.533. The van der Waals surface area contributed by atoms with Crippen LogP contribution in [-0.2, 0) is 0 Å². The van der Waals surface area contributed by atoms with Gasteiger partial charge < -0.3 is 10.6 Å². The lowest BCUT2D eigenvalue weighted by Gasteiger charge is -2.29. The van der Waals surface area contributed by atoms with E-state index in [1.807, 2.05) is 11.0 Å². The smallest absolute Gasteiger partial charge is 0.254 e. The first-order valence-electron chi connectivity index (χ1n) is 6.86. The Labute approximate surface area is 124 Å². The van der Waals surface area contributed by atoms with Gasteiger partial charge >= 0.3 is 0 Å². The van der Waals surface area contributed by atoms with E-state index in [4.69, 9.17) is 5.73 Å². The number of anilines is 1. The summed E-state index contributed by atoms with van der Waals surface area (Å²) >= 11 is 3.39. The van der Waals surface area contributed by atoms with Gasteiger partial charge in [-0.1, -0.05) is 36.2 Å². The van der Waals surface area contributed by atoms with E-state index in [2.05, 4.69) is 36.7 Å². The van der Waals surface area contributed by atoms with Crippen molar-refractivity contribution >= 4 is 27.5 Å². The van der Waals surface area contributed by atoms with E-state index in [0.29, 0.717) is 11.3 Å². The van der Waals surface area contributed by atoms with Crippen molar-refractivity contribution < 1.29 is 4.79 Å². The van der Waals surface area contributed by atoms with Crippen LogP contribution >= 0.6 is 15.9 Å². The third kappa shape index (κ3) is 4.53. The van der Waals surface area contributed by atoms with Gasteiger partial charge in [0.05, 0.1) is 0 Å². The molecule has 4 heteroatoms. The summed E-state index contributed by atoms with van der Waals surface area (Å²) in [5, 5.41) is 0. The van der Waals surface area contributed by atoms with Crippen molar-refractivity contribution in [3.05, 3.63) is 28.2 Å². The minimum atomic E-state index is 0.0656. The Hall–Kier alpha value is -1.03. The number of rotatable bonds is 6. The molecule has 0 aliphatic rings. The summed E-state index contributed by atoms with van der Waals surface area (Å²) in [6, 6.07) is 5.63. The molecule has 1 aromatic rings. The van der Waals surface area contributed by atoms with E-state index in [9.17, 15) is 4.79 Å². The van der Waals surface area contributed by atoms with Gasteiger partial charge in [0, 0.05) is 28.3 Å². The standard InChI is InChI=1S/C15H23BrN2O/c1-4-6-7-18(11(3)5-2)15(19)12-8-13(16)10-14(17)9-12/h8-11H,4-7,17H2,1-3H3. The highest BCUT2D eigenvalue weighted by atomic mass is 79.9. The lowest BCUT2D eigenvalue weighted by atomic mass is 10.1. The number of carbonyl (C=O) groups is 1. The zero-order valence-electron chi connectivity index (χ0n) is 11.9. The van der Waals surface area contributed by atoms with Gasteiger partial charge in [-0.3, -0.25) is 4.79 Å². The predicted octanol–water partition coefficient (Wildman–Crippen LogP) is 4.07. The molecule has 106 valence electrons. The first-order chi connectivity index (χ1) is 8.99. The second-order valence-corrected chi connectivity index (χ2v) is 5.80. The lowest BCUT2D eigenvalue weighted by Crippen LogP contribution is -2.39. The van der Waals surface area contributed by atoms with Crippen LogP contribution in [0.4, 0.5) is 5.69 Å². The summed E-state index contributed by atoms with van der Waals surface area (Å²) in [4.78, 5) is 14.6. The van der Waals surface area contributed by atoms with E-state index < -0.39 is 0 Å². The highest BCUT2D eigenvalue weighted by Crippen LogP contribution is 2.20. The number of halogens is 1. The molecule has 2 N–H and O–H groups in total. The Bertz CT molecular complexity index is 414. The van der Waals surface area contributed by atoms with Crippen LogP contribution in [0, 0.1) is 0 Å². The number of hydrogen-bond donors (Lipinski definition) is 1. The van der Waals surface area contributed by atoms with E-state index in [1.165, 1.54) is 0 Å². The number of carbonyl (C=O) groups excluding carboxylic acids is 1. The second kappa shape index (κ2) is 7.53. The zero-order chi connectivity index (χ0) is 14.4. The lowest BCUT2D eigenvalue weighted by molar-refractivity contribution is 0.0685. The average molecular weight is 327 g/mol. The second-order valence-electron chi connectivity index (χ2n) is 4.88.